The summed E-state index contributed by atoms with van der Waals surface area (Å²) in [5, 5.41) is 0. The number of ether oxygens (including phenoxy) is 1. The van der Waals surface area contributed by atoms with Crippen molar-refractivity contribution in [3.05, 3.63) is 24.3 Å². The summed E-state index contributed by atoms with van der Waals surface area (Å²) in [4.78, 5) is 36.2. The molecule has 0 aliphatic carbocycles. The number of Topliss-reactive ketones (excluding diaryl/α,β-unsaturated/α-hetero) is 1. The SMILES string of the molecule is CN(CC(=O)c1cnccn1)C[C@H]1CCCN(C(=O)OC(C)(C)C)C1. The van der Waals surface area contributed by atoms with E-state index in [1.807, 2.05) is 32.7 Å². The number of nitrogens with zero attached hydrogens (tertiary/aromatic N) is 4. The number of likely N-dealkylation sites (N-methyl/N-ethyl adjacent to an activating group) is 1. The molecule has 0 bridgehead atoms. The summed E-state index contributed by atoms with van der Waals surface area (Å²) >= 11 is 0. The van der Waals surface area contributed by atoms with Gasteiger partial charge in [-0.1, -0.05) is 0 Å². The minimum absolute atomic E-state index is 0.0459. The van der Waals surface area contributed by atoms with Crippen LogP contribution in [0.2, 0.25) is 0 Å². The van der Waals surface area contributed by atoms with Gasteiger partial charge in [-0.15, -0.1) is 0 Å². The van der Waals surface area contributed by atoms with Crippen molar-refractivity contribution >= 4 is 11.9 Å². The van der Waals surface area contributed by atoms with Crippen LogP contribution < -0.4 is 0 Å². The second-order valence-electron chi connectivity index (χ2n) is 7.65. The number of amides is 1. The molecule has 1 amide bonds. The van der Waals surface area contributed by atoms with Crippen LogP contribution in [0, 0.1) is 5.92 Å². The van der Waals surface area contributed by atoms with Gasteiger partial charge in [-0.25, -0.2) is 9.78 Å². The van der Waals surface area contributed by atoms with Gasteiger partial charge in [0.1, 0.15) is 11.3 Å². The lowest BCUT2D eigenvalue weighted by Crippen LogP contribution is -2.45. The summed E-state index contributed by atoms with van der Waals surface area (Å²) < 4.78 is 5.46. The van der Waals surface area contributed by atoms with E-state index in [-0.39, 0.29) is 11.9 Å². The fraction of sp³-hybridized carbons (Fsp3) is 0.667. The maximum atomic E-state index is 12.2. The molecule has 1 atom stereocenters. The number of rotatable bonds is 5. The Balaban J connectivity index is 1.83. The van der Waals surface area contributed by atoms with Gasteiger partial charge in [0.2, 0.25) is 0 Å². The molecule has 7 nitrogen and oxygen atoms in total. The second-order valence-corrected chi connectivity index (χ2v) is 7.65. The molecule has 0 spiro atoms. The molecule has 2 heterocycles. The summed E-state index contributed by atoms with van der Waals surface area (Å²) in [5.41, 5.74) is -0.0994. The van der Waals surface area contributed by atoms with E-state index in [1.165, 1.54) is 12.4 Å². The first-order valence-corrected chi connectivity index (χ1v) is 8.70. The highest BCUT2D eigenvalue weighted by Crippen LogP contribution is 2.20. The summed E-state index contributed by atoms with van der Waals surface area (Å²) in [5.74, 6) is 0.288. The molecule has 0 N–H and O–H groups in total. The molecular weight excluding hydrogens is 320 g/mol. The molecule has 1 aromatic rings. The number of likely N-dealkylation sites (tertiary alicyclic amines) is 1. The molecule has 1 saturated heterocycles. The number of carbonyl (C=O) groups is 2. The van der Waals surface area contributed by atoms with Crippen LogP contribution in [-0.4, -0.2) is 70.5 Å². The number of ketones is 1. The van der Waals surface area contributed by atoms with Crippen LogP contribution in [0.4, 0.5) is 4.79 Å². The molecule has 1 aliphatic rings. The van der Waals surface area contributed by atoms with Gasteiger partial charge in [0.25, 0.3) is 0 Å². The van der Waals surface area contributed by atoms with E-state index in [1.54, 1.807) is 11.1 Å². The third kappa shape index (κ3) is 6.42. The van der Waals surface area contributed by atoms with E-state index in [9.17, 15) is 9.59 Å². The van der Waals surface area contributed by atoms with Gasteiger partial charge in [-0.2, -0.15) is 0 Å². The third-order valence-corrected chi connectivity index (χ3v) is 4.00. The zero-order valence-corrected chi connectivity index (χ0v) is 15.6. The maximum absolute atomic E-state index is 12.2. The lowest BCUT2D eigenvalue weighted by atomic mass is 9.97. The zero-order chi connectivity index (χ0) is 18.4. The summed E-state index contributed by atoms with van der Waals surface area (Å²) in [7, 11) is 1.92. The fourth-order valence-corrected chi connectivity index (χ4v) is 2.98. The highest BCUT2D eigenvalue weighted by Gasteiger charge is 2.28. The molecule has 0 aromatic carbocycles. The van der Waals surface area contributed by atoms with Gasteiger partial charge >= 0.3 is 6.09 Å². The first-order valence-electron chi connectivity index (χ1n) is 8.70. The maximum Gasteiger partial charge on any atom is 0.410 e. The van der Waals surface area contributed by atoms with Gasteiger partial charge in [0.05, 0.1) is 12.7 Å². The van der Waals surface area contributed by atoms with Crippen LogP contribution in [0.1, 0.15) is 44.1 Å². The number of carbonyl (C=O) groups excluding carboxylic acids is 2. The summed E-state index contributed by atoms with van der Waals surface area (Å²) in [6.45, 7) is 8.06. The Morgan fingerprint density at radius 1 is 1.36 bits per heavy atom. The van der Waals surface area contributed by atoms with Crippen molar-refractivity contribution < 1.29 is 14.3 Å². The van der Waals surface area contributed by atoms with Gasteiger partial charge < -0.3 is 9.64 Å². The lowest BCUT2D eigenvalue weighted by Gasteiger charge is -2.35. The Labute approximate surface area is 149 Å². The average molecular weight is 348 g/mol. The smallest absolute Gasteiger partial charge is 0.410 e. The number of piperidine rings is 1. The molecule has 0 unspecified atom stereocenters. The van der Waals surface area contributed by atoms with E-state index in [2.05, 4.69) is 9.97 Å². The molecule has 1 aliphatic heterocycles. The Hall–Kier alpha value is -2.02. The van der Waals surface area contributed by atoms with E-state index in [0.717, 1.165) is 25.9 Å². The Kier molecular flexibility index (Phi) is 6.47. The predicted molar refractivity (Wildman–Crippen MR) is 94.4 cm³/mol. The molecule has 2 rings (SSSR count). The van der Waals surface area contributed by atoms with Crippen molar-refractivity contribution in [2.24, 2.45) is 5.92 Å². The van der Waals surface area contributed by atoms with E-state index in [0.29, 0.717) is 24.7 Å². The Morgan fingerprint density at radius 3 is 2.76 bits per heavy atom. The predicted octanol–water partition coefficient (Wildman–Crippen LogP) is 2.24. The average Bonchev–Trinajstić information content (AvgIpc) is 2.54. The largest absolute Gasteiger partial charge is 0.444 e. The van der Waals surface area contributed by atoms with Crippen LogP contribution in [0.15, 0.2) is 18.6 Å². The first-order chi connectivity index (χ1) is 11.7. The van der Waals surface area contributed by atoms with Crippen LogP contribution in [-0.2, 0) is 4.74 Å². The quantitative estimate of drug-likeness (QED) is 0.760. The highest BCUT2D eigenvalue weighted by molar-refractivity contribution is 5.95. The first kappa shape index (κ1) is 19.3. The van der Waals surface area contributed by atoms with Crippen molar-refractivity contribution in [2.45, 2.75) is 39.2 Å². The normalized spacial score (nSPS) is 18.3. The van der Waals surface area contributed by atoms with Gasteiger partial charge in [0, 0.05) is 32.0 Å². The molecule has 0 saturated carbocycles. The van der Waals surface area contributed by atoms with E-state index in [4.69, 9.17) is 4.74 Å². The monoisotopic (exact) mass is 348 g/mol. The number of hydrogen-bond donors (Lipinski definition) is 0. The van der Waals surface area contributed by atoms with Crippen molar-refractivity contribution in [3.8, 4) is 0 Å². The molecule has 25 heavy (non-hydrogen) atoms. The van der Waals surface area contributed by atoms with Crippen LogP contribution in [0.3, 0.4) is 0 Å². The zero-order valence-electron chi connectivity index (χ0n) is 15.6. The van der Waals surface area contributed by atoms with Crippen molar-refractivity contribution in [2.75, 3.05) is 33.2 Å². The van der Waals surface area contributed by atoms with Gasteiger partial charge in [-0.05, 0) is 46.6 Å². The summed E-state index contributed by atoms with van der Waals surface area (Å²) in [6, 6.07) is 0. The Morgan fingerprint density at radius 2 is 2.12 bits per heavy atom. The van der Waals surface area contributed by atoms with Crippen LogP contribution >= 0.6 is 0 Å². The third-order valence-electron chi connectivity index (χ3n) is 4.00. The van der Waals surface area contributed by atoms with E-state index >= 15 is 0 Å². The minimum Gasteiger partial charge on any atom is -0.444 e. The topological polar surface area (TPSA) is 75.6 Å². The van der Waals surface area contributed by atoms with Gasteiger partial charge in [-0.3, -0.25) is 14.7 Å². The number of hydrogen-bond acceptors (Lipinski definition) is 6. The van der Waals surface area contributed by atoms with Crippen LogP contribution in [0.25, 0.3) is 0 Å². The standard InChI is InChI=1S/C18H28N4O3/c1-18(2,3)25-17(24)22-9-5-6-14(12-22)11-21(4)13-16(23)15-10-19-7-8-20-15/h7-8,10,14H,5-6,9,11-13H2,1-4H3/t14-/m1/s1. The molecule has 0 radical (unpaired) electrons. The number of aromatic nitrogens is 2. The molecular formula is C18H28N4O3. The van der Waals surface area contributed by atoms with Gasteiger partial charge in [0.15, 0.2) is 5.78 Å². The van der Waals surface area contributed by atoms with Crippen molar-refractivity contribution in [3.63, 3.8) is 0 Å². The molecule has 138 valence electrons. The highest BCUT2D eigenvalue weighted by atomic mass is 16.6. The van der Waals surface area contributed by atoms with Crippen LogP contribution in [0.5, 0.6) is 0 Å². The van der Waals surface area contributed by atoms with Crippen molar-refractivity contribution in [1.29, 1.82) is 0 Å². The second kappa shape index (κ2) is 8.38. The summed E-state index contributed by atoms with van der Waals surface area (Å²) in [6.07, 6.45) is 6.30. The lowest BCUT2D eigenvalue weighted by molar-refractivity contribution is 0.0149. The molecule has 7 heteroatoms. The minimum atomic E-state index is -0.482. The Bertz CT molecular complexity index is 586. The molecule has 1 aromatic heterocycles. The fourth-order valence-electron chi connectivity index (χ4n) is 2.98. The van der Waals surface area contributed by atoms with Crippen molar-refractivity contribution in [1.82, 2.24) is 19.8 Å². The molecule has 1 fully saturated rings. The van der Waals surface area contributed by atoms with E-state index < -0.39 is 5.60 Å².